The number of anilines is 2. The topological polar surface area (TPSA) is 50.4 Å². The molecule has 0 radical (unpaired) electrons. The fourth-order valence-electron chi connectivity index (χ4n) is 1.93. The third kappa shape index (κ3) is 4.68. The standard InChI is InChI=1S/C17H17ClN2O2S/c1-3-22-16(21)13-6-4-5-7-15(13)20-17(23)19-12-9-8-11(2)14(18)10-12/h4-10H,3H2,1-2H3,(H2,19,20,23). The molecule has 0 aliphatic heterocycles. The van der Waals surface area contributed by atoms with Crippen LogP contribution in [0.2, 0.25) is 5.02 Å². The van der Waals surface area contributed by atoms with Crippen LogP contribution in [0.1, 0.15) is 22.8 Å². The number of aryl methyl sites for hydroxylation is 1. The lowest BCUT2D eigenvalue weighted by Gasteiger charge is -2.14. The van der Waals surface area contributed by atoms with E-state index in [1.165, 1.54) is 0 Å². The normalized spacial score (nSPS) is 10.0. The van der Waals surface area contributed by atoms with E-state index in [1.54, 1.807) is 31.2 Å². The molecule has 0 spiro atoms. The number of esters is 1. The summed E-state index contributed by atoms with van der Waals surface area (Å²) in [6, 6.07) is 12.6. The molecule has 2 rings (SSSR count). The Morgan fingerprint density at radius 1 is 1.22 bits per heavy atom. The molecular formula is C17H17ClN2O2S. The zero-order valence-corrected chi connectivity index (χ0v) is 14.4. The molecule has 0 aromatic heterocycles. The van der Waals surface area contributed by atoms with E-state index in [2.05, 4.69) is 10.6 Å². The minimum Gasteiger partial charge on any atom is -0.462 e. The molecule has 120 valence electrons. The summed E-state index contributed by atoms with van der Waals surface area (Å²) in [5.41, 5.74) is 2.78. The molecule has 0 aliphatic carbocycles. The van der Waals surface area contributed by atoms with Gasteiger partial charge in [0.1, 0.15) is 0 Å². The zero-order valence-electron chi connectivity index (χ0n) is 12.9. The molecule has 6 heteroatoms. The van der Waals surface area contributed by atoms with Gasteiger partial charge in [-0.15, -0.1) is 0 Å². The van der Waals surface area contributed by atoms with Crippen molar-refractivity contribution in [3.63, 3.8) is 0 Å². The summed E-state index contributed by atoms with van der Waals surface area (Å²) in [5.74, 6) is -0.392. The maximum Gasteiger partial charge on any atom is 0.340 e. The smallest absolute Gasteiger partial charge is 0.340 e. The first-order valence-corrected chi connectivity index (χ1v) is 7.90. The summed E-state index contributed by atoms with van der Waals surface area (Å²) < 4.78 is 5.04. The Labute approximate surface area is 145 Å². The first-order chi connectivity index (χ1) is 11.0. The highest BCUT2D eigenvalue weighted by atomic mass is 35.5. The Bertz CT molecular complexity index is 734. The van der Waals surface area contributed by atoms with Gasteiger partial charge in [-0.05, 0) is 55.9 Å². The fourth-order valence-corrected chi connectivity index (χ4v) is 2.34. The van der Waals surface area contributed by atoms with Gasteiger partial charge in [0, 0.05) is 10.7 Å². The van der Waals surface area contributed by atoms with E-state index in [0.717, 1.165) is 11.3 Å². The maximum absolute atomic E-state index is 11.9. The van der Waals surface area contributed by atoms with Crippen molar-refractivity contribution >= 4 is 46.3 Å². The third-order valence-electron chi connectivity index (χ3n) is 3.10. The van der Waals surface area contributed by atoms with Crippen LogP contribution in [-0.4, -0.2) is 17.7 Å². The van der Waals surface area contributed by atoms with Gasteiger partial charge < -0.3 is 15.4 Å². The Balaban J connectivity index is 2.11. The monoisotopic (exact) mass is 348 g/mol. The molecule has 4 nitrogen and oxygen atoms in total. The predicted molar refractivity (Wildman–Crippen MR) is 98.4 cm³/mol. The quantitative estimate of drug-likeness (QED) is 0.623. The molecule has 0 amide bonds. The van der Waals surface area contributed by atoms with Crippen molar-refractivity contribution in [3.8, 4) is 0 Å². The lowest BCUT2D eigenvalue weighted by atomic mass is 10.2. The minimum absolute atomic E-state index is 0.317. The molecule has 2 aromatic rings. The highest BCUT2D eigenvalue weighted by Gasteiger charge is 2.12. The molecule has 23 heavy (non-hydrogen) atoms. The van der Waals surface area contributed by atoms with Crippen LogP contribution in [0.3, 0.4) is 0 Å². The summed E-state index contributed by atoms with van der Waals surface area (Å²) >= 11 is 11.4. The number of para-hydroxylation sites is 1. The van der Waals surface area contributed by atoms with Crippen LogP contribution < -0.4 is 10.6 Å². The van der Waals surface area contributed by atoms with Crippen molar-refractivity contribution in [1.82, 2.24) is 0 Å². The average Bonchev–Trinajstić information content (AvgIpc) is 2.51. The minimum atomic E-state index is -0.392. The predicted octanol–water partition coefficient (Wildman–Crippen LogP) is 4.63. The summed E-state index contributed by atoms with van der Waals surface area (Å²) in [4.78, 5) is 11.9. The van der Waals surface area contributed by atoms with Gasteiger partial charge in [0.2, 0.25) is 0 Å². The third-order valence-corrected chi connectivity index (χ3v) is 3.71. The second kappa shape index (κ2) is 7.94. The van der Waals surface area contributed by atoms with E-state index in [9.17, 15) is 4.79 Å². The van der Waals surface area contributed by atoms with Crippen molar-refractivity contribution in [3.05, 3.63) is 58.6 Å². The molecule has 0 atom stereocenters. The van der Waals surface area contributed by atoms with Gasteiger partial charge in [-0.1, -0.05) is 29.8 Å². The SMILES string of the molecule is CCOC(=O)c1ccccc1NC(=S)Nc1ccc(C)c(Cl)c1. The van der Waals surface area contributed by atoms with Gasteiger partial charge in [-0.3, -0.25) is 0 Å². The average molecular weight is 349 g/mol. The number of nitrogens with one attached hydrogen (secondary N) is 2. The zero-order chi connectivity index (χ0) is 16.8. The number of hydrogen-bond donors (Lipinski definition) is 2. The largest absolute Gasteiger partial charge is 0.462 e. The number of halogens is 1. The molecule has 0 saturated heterocycles. The van der Waals surface area contributed by atoms with E-state index in [-0.39, 0.29) is 0 Å². The molecule has 0 heterocycles. The Kier molecular flexibility index (Phi) is 5.96. The maximum atomic E-state index is 11.9. The molecule has 0 fully saturated rings. The summed E-state index contributed by atoms with van der Waals surface area (Å²) in [6.07, 6.45) is 0. The summed E-state index contributed by atoms with van der Waals surface area (Å²) in [5, 5.41) is 7.07. The molecule has 0 unspecified atom stereocenters. The van der Waals surface area contributed by atoms with Crippen molar-refractivity contribution < 1.29 is 9.53 Å². The van der Waals surface area contributed by atoms with Gasteiger partial charge >= 0.3 is 5.97 Å². The van der Waals surface area contributed by atoms with Gasteiger partial charge in [0.25, 0.3) is 0 Å². The fraction of sp³-hybridized carbons (Fsp3) is 0.176. The van der Waals surface area contributed by atoms with E-state index in [1.807, 2.05) is 25.1 Å². The number of carbonyl (C=O) groups excluding carboxylic acids is 1. The molecule has 2 aromatic carbocycles. The van der Waals surface area contributed by atoms with Gasteiger partial charge in [-0.2, -0.15) is 0 Å². The molecular weight excluding hydrogens is 332 g/mol. The first kappa shape index (κ1) is 17.2. The lowest BCUT2D eigenvalue weighted by Crippen LogP contribution is -2.21. The van der Waals surface area contributed by atoms with Crippen molar-refractivity contribution in [2.75, 3.05) is 17.2 Å². The van der Waals surface area contributed by atoms with E-state index < -0.39 is 5.97 Å². The highest BCUT2D eigenvalue weighted by molar-refractivity contribution is 7.80. The van der Waals surface area contributed by atoms with Crippen LogP contribution in [-0.2, 0) is 4.74 Å². The van der Waals surface area contributed by atoms with Crippen molar-refractivity contribution in [1.29, 1.82) is 0 Å². The van der Waals surface area contributed by atoms with Crippen molar-refractivity contribution in [2.45, 2.75) is 13.8 Å². The highest BCUT2D eigenvalue weighted by Crippen LogP contribution is 2.21. The number of ether oxygens (including phenoxy) is 1. The Hall–Kier alpha value is -2.11. The van der Waals surface area contributed by atoms with E-state index in [0.29, 0.717) is 28.0 Å². The second-order valence-electron chi connectivity index (χ2n) is 4.81. The second-order valence-corrected chi connectivity index (χ2v) is 5.62. The number of rotatable bonds is 4. The molecule has 0 saturated carbocycles. The first-order valence-electron chi connectivity index (χ1n) is 7.11. The Morgan fingerprint density at radius 2 is 1.96 bits per heavy atom. The van der Waals surface area contributed by atoms with Crippen LogP contribution in [0.5, 0.6) is 0 Å². The molecule has 0 aliphatic rings. The number of thiocarbonyl (C=S) groups is 1. The molecule has 0 bridgehead atoms. The van der Waals surface area contributed by atoms with Crippen LogP contribution in [0.25, 0.3) is 0 Å². The number of benzene rings is 2. The lowest BCUT2D eigenvalue weighted by molar-refractivity contribution is 0.0527. The van der Waals surface area contributed by atoms with Crippen LogP contribution in [0, 0.1) is 6.92 Å². The summed E-state index contributed by atoms with van der Waals surface area (Å²) in [7, 11) is 0. The Morgan fingerprint density at radius 3 is 2.65 bits per heavy atom. The van der Waals surface area contributed by atoms with Crippen LogP contribution in [0.15, 0.2) is 42.5 Å². The molecule has 2 N–H and O–H groups in total. The summed E-state index contributed by atoms with van der Waals surface area (Å²) in [6.45, 7) is 4.01. The van der Waals surface area contributed by atoms with Crippen molar-refractivity contribution in [2.24, 2.45) is 0 Å². The van der Waals surface area contributed by atoms with Gasteiger partial charge in [0.15, 0.2) is 5.11 Å². The number of carbonyl (C=O) groups is 1. The van der Waals surface area contributed by atoms with E-state index >= 15 is 0 Å². The van der Waals surface area contributed by atoms with Crippen LogP contribution >= 0.6 is 23.8 Å². The van der Waals surface area contributed by atoms with Crippen LogP contribution in [0.4, 0.5) is 11.4 Å². The van der Waals surface area contributed by atoms with E-state index in [4.69, 9.17) is 28.6 Å². The van der Waals surface area contributed by atoms with Gasteiger partial charge in [0.05, 0.1) is 17.9 Å². The van der Waals surface area contributed by atoms with Gasteiger partial charge in [-0.25, -0.2) is 4.79 Å². The number of hydrogen-bond acceptors (Lipinski definition) is 3.